The van der Waals surface area contributed by atoms with Gasteiger partial charge in [-0.2, -0.15) is 0 Å². The van der Waals surface area contributed by atoms with Crippen molar-refractivity contribution < 1.29 is 19.1 Å². The number of aryl methyl sites for hydroxylation is 1. The number of hydrogen-bond acceptors (Lipinski definition) is 5. The zero-order valence-electron chi connectivity index (χ0n) is 13.0. The predicted molar refractivity (Wildman–Crippen MR) is 85.4 cm³/mol. The van der Waals surface area contributed by atoms with Gasteiger partial charge < -0.3 is 14.4 Å². The third-order valence-corrected chi connectivity index (χ3v) is 4.63. The molecule has 0 aromatic carbocycles. The van der Waals surface area contributed by atoms with Crippen molar-refractivity contribution in [2.75, 3.05) is 6.54 Å². The van der Waals surface area contributed by atoms with Gasteiger partial charge in [0.2, 0.25) is 0 Å². The van der Waals surface area contributed by atoms with Gasteiger partial charge in [-0.3, -0.25) is 9.59 Å². The lowest BCUT2D eigenvalue weighted by Crippen LogP contribution is -2.38. The maximum absolute atomic E-state index is 12.7. The number of carboxylic acid groups (broad SMARTS) is 1. The highest BCUT2D eigenvalue weighted by molar-refractivity contribution is 7.09. The molecule has 0 spiro atoms. The van der Waals surface area contributed by atoms with E-state index >= 15 is 0 Å². The van der Waals surface area contributed by atoms with Crippen LogP contribution in [0, 0.1) is 12.8 Å². The van der Waals surface area contributed by atoms with Gasteiger partial charge in [-0.05, 0) is 25.8 Å². The van der Waals surface area contributed by atoms with Crippen molar-refractivity contribution >= 4 is 23.2 Å². The number of rotatable bonds is 6. The number of thiazole rings is 1. The summed E-state index contributed by atoms with van der Waals surface area (Å²) in [6.07, 6.45) is 3.27. The number of aromatic nitrogens is 1. The van der Waals surface area contributed by atoms with Gasteiger partial charge in [0.1, 0.15) is 12.0 Å². The van der Waals surface area contributed by atoms with Crippen molar-refractivity contribution in [3.05, 3.63) is 28.3 Å². The van der Waals surface area contributed by atoms with E-state index in [4.69, 9.17) is 9.52 Å². The third kappa shape index (κ3) is 3.44. The summed E-state index contributed by atoms with van der Waals surface area (Å²) in [7, 11) is 0. The Morgan fingerprint density at radius 3 is 2.83 bits per heavy atom. The number of hydrogen-bond donors (Lipinski definition) is 1. The second-order valence-electron chi connectivity index (χ2n) is 5.88. The van der Waals surface area contributed by atoms with Crippen LogP contribution < -0.4 is 0 Å². The molecule has 7 heteroatoms. The molecule has 0 radical (unpaired) electrons. The highest BCUT2D eigenvalue weighted by Crippen LogP contribution is 2.30. The molecule has 1 fully saturated rings. The Labute approximate surface area is 137 Å². The molecule has 2 heterocycles. The Balaban J connectivity index is 1.78. The van der Waals surface area contributed by atoms with Crippen molar-refractivity contribution in [2.24, 2.45) is 5.92 Å². The van der Waals surface area contributed by atoms with E-state index in [9.17, 15) is 9.59 Å². The van der Waals surface area contributed by atoms with Crippen LogP contribution in [0.15, 0.2) is 22.1 Å². The molecular formula is C16H18N2O4S. The van der Waals surface area contributed by atoms with Crippen LogP contribution in [0.25, 0.3) is 11.5 Å². The fraction of sp³-hybridized carbons (Fsp3) is 0.438. The van der Waals surface area contributed by atoms with Gasteiger partial charge in [-0.1, -0.05) is 6.92 Å². The van der Waals surface area contributed by atoms with Crippen LogP contribution in [-0.2, 0) is 4.79 Å². The zero-order chi connectivity index (χ0) is 16.6. The lowest BCUT2D eigenvalue weighted by atomic mass is 10.1. The van der Waals surface area contributed by atoms with Gasteiger partial charge in [-0.15, -0.1) is 11.3 Å². The van der Waals surface area contributed by atoms with Crippen LogP contribution in [0.4, 0.5) is 0 Å². The summed E-state index contributed by atoms with van der Waals surface area (Å²) in [4.78, 5) is 29.7. The van der Waals surface area contributed by atoms with Crippen molar-refractivity contribution in [2.45, 2.75) is 32.7 Å². The molecule has 2 aromatic heterocycles. The van der Waals surface area contributed by atoms with E-state index in [1.165, 1.54) is 17.6 Å². The van der Waals surface area contributed by atoms with Crippen molar-refractivity contribution in [1.82, 2.24) is 9.88 Å². The van der Waals surface area contributed by atoms with Crippen molar-refractivity contribution in [1.29, 1.82) is 0 Å². The van der Waals surface area contributed by atoms with Crippen molar-refractivity contribution in [3.8, 4) is 11.5 Å². The number of nitrogens with zero attached hydrogens (tertiary/aromatic N) is 2. The Bertz CT molecular complexity index is 732. The van der Waals surface area contributed by atoms with Gasteiger partial charge in [0, 0.05) is 18.0 Å². The average Bonchev–Trinajstić information content (AvgIpc) is 3.06. The molecule has 1 aliphatic carbocycles. The minimum atomic E-state index is -0.894. The van der Waals surface area contributed by atoms with E-state index in [0.29, 0.717) is 17.0 Å². The van der Waals surface area contributed by atoms with E-state index in [2.05, 4.69) is 4.98 Å². The summed E-state index contributed by atoms with van der Waals surface area (Å²) in [5.74, 6) is -1.11. The lowest BCUT2D eigenvalue weighted by Gasteiger charge is -2.23. The molecule has 0 bridgehead atoms. The number of carboxylic acids is 1. The number of carbonyl (C=O) groups excluding carboxylic acids is 1. The predicted octanol–water partition coefficient (Wildman–Crippen LogP) is 3.04. The highest BCUT2D eigenvalue weighted by Gasteiger charge is 2.35. The fourth-order valence-electron chi connectivity index (χ4n) is 2.38. The molecule has 3 rings (SSSR count). The lowest BCUT2D eigenvalue weighted by molar-refractivity contribution is -0.141. The Morgan fingerprint density at radius 2 is 2.26 bits per heavy atom. The summed E-state index contributed by atoms with van der Waals surface area (Å²) >= 11 is 1.52. The fourth-order valence-corrected chi connectivity index (χ4v) is 2.98. The van der Waals surface area contributed by atoms with E-state index in [1.54, 1.807) is 17.9 Å². The maximum atomic E-state index is 12.7. The standard InChI is InChI=1S/C16H18N2O4S/c1-9(16(20)21)6-18(12-3-4-12)15(19)11-5-14(22-7-11)13-8-23-10(2)17-13/h5,7-9,12H,3-4,6H2,1-2H3,(H,20,21)/t9-/m1/s1. The van der Waals surface area contributed by atoms with E-state index in [1.807, 2.05) is 12.3 Å². The van der Waals surface area contributed by atoms with Crippen LogP contribution >= 0.6 is 11.3 Å². The molecular weight excluding hydrogens is 316 g/mol. The summed E-state index contributed by atoms with van der Waals surface area (Å²) in [5, 5.41) is 11.9. The zero-order valence-corrected chi connectivity index (χ0v) is 13.8. The minimum absolute atomic E-state index is 0.143. The normalized spacial score (nSPS) is 15.4. The molecule has 2 aromatic rings. The van der Waals surface area contributed by atoms with Crippen LogP contribution in [0.1, 0.15) is 35.1 Å². The molecule has 1 atom stereocenters. The van der Waals surface area contributed by atoms with Gasteiger partial charge in [0.15, 0.2) is 5.76 Å². The molecule has 0 unspecified atom stereocenters. The van der Waals surface area contributed by atoms with E-state index in [0.717, 1.165) is 17.8 Å². The molecule has 1 N–H and O–H groups in total. The molecule has 1 saturated carbocycles. The molecule has 0 saturated heterocycles. The second-order valence-corrected chi connectivity index (χ2v) is 6.94. The Kier molecular flexibility index (Phi) is 4.21. The third-order valence-electron chi connectivity index (χ3n) is 3.86. The molecule has 1 aliphatic rings. The van der Waals surface area contributed by atoms with Gasteiger partial charge in [0.05, 0.1) is 16.5 Å². The molecule has 23 heavy (non-hydrogen) atoms. The van der Waals surface area contributed by atoms with Crippen LogP contribution in [0.2, 0.25) is 0 Å². The SMILES string of the molecule is Cc1nc(-c2cc(C(=O)N(C[C@@H](C)C(=O)O)C3CC3)co2)cs1. The van der Waals surface area contributed by atoms with Crippen molar-refractivity contribution in [3.63, 3.8) is 0 Å². The van der Waals surface area contributed by atoms with Crippen LogP contribution in [0.3, 0.4) is 0 Å². The highest BCUT2D eigenvalue weighted by atomic mass is 32.1. The average molecular weight is 334 g/mol. The molecule has 122 valence electrons. The quantitative estimate of drug-likeness (QED) is 0.878. The number of furan rings is 1. The minimum Gasteiger partial charge on any atom is -0.481 e. The first-order valence-electron chi connectivity index (χ1n) is 7.50. The molecule has 1 amide bonds. The number of carbonyl (C=O) groups is 2. The van der Waals surface area contributed by atoms with E-state index in [-0.39, 0.29) is 18.5 Å². The number of amides is 1. The summed E-state index contributed by atoms with van der Waals surface area (Å²) in [6, 6.07) is 1.82. The van der Waals surface area contributed by atoms with E-state index < -0.39 is 11.9 Å². The maximum Gasteiger partial charge on any atom is 0.308 e. The topological polar surface area (TPSA) is 83.6 Å². The van der Waals surface area contributed by atoms with Crippen LogP contribution in [-0.4, -0.2) is 39.5 Å². The summed E-state index contributed by atoms with van der Waals surface area (Å²) in [6.45, 7) is 3.74. The second kappa shape index (κ2) is 6.16. The van der Waals surface area contributed by atoms with Gasteiger partial charge in [0.25, 0.3) is 5.91 Å². The van der Waals surface area contributed by atoms with Gasteiger partial charge >= 0.3 is 5.97 Å². The number of aliphatic carboxylic acids is 1. The Hall–Kier alpha value is -2.15. The first-order valence-corrected chi connectivity index (χ1v) is 8.38. The first kappa shape index (κ1) is 15.7. The summed E-state index contributed by atoms with van der Waals surface area (Å²) < 4.78 is 5.47. The smallest absolute Gasteiger partial charge is 0.308 e. The molecule has 0 aliphatic heterocycles. The Morgan fingerprint density at radius 1 is 1.52 bits per heavy atom. The molecule has 6 nitrogen and oxygen atoms in total. The largest absolute Gasteiger partial charge is 0.481 e. The van der Waals surface area contributed by atoms with Crippen LogP contribution in [0.5, 0.6) is 0 Å². The van der Waals surface area contributed by atoms with Gasteiger partial charge in [-0.25, -0.2) is 4.98 Å². The monoisotopic (exact) mass is 334 g/mol. The first-order chi connectivity index (χ1) is 11.0. The summed E-state index contributed by atoms with van der Waals surface area (Å²) in [5.41, 5.74) is 1.15.